The van der Waals surface area contributed by atoms with Crippen molar-refractivity contribution < 1.29 is 0 Å². The number of nitrogens with two attached hydrogens (primary N) is 1. The van der Waals surface area contributed by atoms with Gasteiger partial charge in [-0.05, 0) is 84.1 Å². The molecule has 0 unspecified atom stereocenters. The van der Waals surface area contributed by atoms with Crippen LogP contribution < -0.4 is 16.6 Å². The van der Waals surface area contributed by atoms with Crippen LogP contribution in [0.4, 0.5) is 5.69 Å². The van der Waals surface area contributed by atoms with E-state index < -0.39 is 0 Å². The number of hydrogen-bond donors (Lipinski definition) is 3. The molecule has 4 N–H and O–H groups in total. The molecule has 49 heavy (non-hydrogen) atoms. The van der Waals surface area contributed by atoms with E-state index in [1.165, 1.54) is 55.3 Å². The van der Waals surface area contributed by atoms with Gasteiger partial charge in [0.1, 0.15) is 0 Å². The molecule has 0 fully saturated rings. The standard InChI is InChI=1S/C28H23N.C17H19N3/c1-18-12-14-20-21-15-13-19(17-25(21)28(2,3)24(20)16-18)29-26-10-6-4-8-22(26)23-9-5-7-11-27(23)29;1-14(18)12-16(15-8-4-2-5-9-15)13-19-20-17-10-6-3-7-11-17/h4-17H,1-3H3;2-13,19-20H,18H2,1H3/b;14-12+,16-13+. The SMILES string of the molecule is C/C(N)=C\C(=C/NNc1ccccc1)c1ccccc1.Cc1ccc2c(c1)C(C)(C)c1cc(-n3c4ccccc4c4ccccc43)ccc1-2. The number of benzene rings is 6. The number of rotatable bonds is 6. The topological polar surface area (TPSA) is 55.0 Å². The van der Waals surface area contributed by atoms with Crippen molar-refractivity contribution in [3.8, 4) is 16.8 Å². The first-order chi connectivity index (χ1) is 23.8. The second-order valence-electron chi connectivity index (χ2n) is 13.3. The molecule has 1 aromatic heterocycles. The molecule has 1 aliphatic carbocycles. The Morgan fingerprint density at radius 1 is 0.653 bits per heavy atom. The highest BCUT2D eigenvalue weighted by Crippen LogP contribution is 2.49. The Labute approximate surface area is 289 Å². The molecule has 0 radical (unpaired) electrons. The van der Waals surface area contributed by atoms with Crippen LogP contribution in [0.3, 0.4) is 0 Å². The van der Waals surface area contributed by atoms with E-state index in [1.54, 1.807) is 0 Å². The fourth-order valence-corrected chi connectivity index (χ4v) is 6.98. The third kappa shape index (κ3) is 6.21. The van der Waals surface area contributed by atoms with E-state index in [9.17, 15) is 0 Å². The summed E-state index contributed by atoms with van der Waals surface area (Å²) in [5.41, 5.74) is 26.6. The number of hydrazine groups is 1. The molecular weight excluding hydrogens is 597 g/mol. The number of anilines is 1. The van der Waals surface area contributed by atoms with Crippen molar-refractivity contribution in [2.75, 3.05) is 5.43 Å². The number of para-hydroxylation sites is 3. The molecule has 0 spiro atoms. The summed E-state index contributed by atoms with van der Waals surface area (Å²) in [7, 11) is 0. The fraction of sp³-hybridized carbons (Fsp3) is 0.111. The number of nitrogens with zero attached hydrogens (tertiary/aromatic N) is 1. The van der Waals surface area contributed by atoms with Gasteiger partial charge >= 0.3 is 0 Å². The molecule has 242 valence electrons. The minimum absolute atomic E-state index is 0.00541. The molecular formula is C45H42N4. The molecule has 1 heterocycles. The van der Waals surface area contributed by atoms with Crippen LogP contribution in [0.15, 0.2) is 164 Å². The summed E-state index contributed by atoms with van der Waals surface area (Å²) in [6.07, 6.45) is 3.84. The minimum atomic E-state index is 0.00541. The molecule has 4 nitrogen and oxygen atoms in total. The Hall–Kier alpha value is -6.00. The lowest BCUT2D eigenvalue weighted by Gasteiger charge is -2.22. The molecule has 6 aromatic carbocycles. The van der Waals surface area contributed by atoms with Gasteiger partial charge in [0.05, 0.1) is 16.7 Å². The zero-order chi connectivity index (χ0) is 34.0. The number of hydrogen-bond acceptors (Lipinski definition) is 3. The molecule has 0 saturated carbocycles. The van der Waals surface area contributed by atoms with E-state index in [0.29, 0.717) is 0 Å². The maximum absolute atomic E-state index is 5.79. The Morgan fingerprint density at radius 3 is 1.84 bits per heavy atom. The summed E-state index contributed by atoms with van der Waals surface area (Å²) in [5, 5.41) is 2.61. The van der Waals surface area contributed by atoms with E-state index in [2.05, 4.69) is 133 Å². The smallest absolute Gasteiger partial charge is 0.0541 e. The molecule has 8 rings (SSSR count). The Morgan fingerprint density at radius 2 is 1.20 bits per heavy atom. The van der Waals surface area contributed by atoms with Crippen LogP contribution in [0.2, 0.25) is 0 Å². The third-order valence-electron chi connectivity index (χ3n) is 9.36. The van der Waals surface area contributed by atoms with E-state index in [-0.39, 0.29) is 5.41 Å². The number of fused-ring (bicyclic) bond motifs is 6. The van der Waals surface area contributed by atoms with Gasteiger partial charge in [0.15, 0.2) is 0 Å². The van der Waals surface area contributed by atoms with Crippen molar-refractivity contribution >= 4 is 33.1 Å². The minimum Gasteiger partial charge on any atom is -0.402 e. The summed E-state index contributed by atoms with van der Waals surface area (Å²) in [4.78, 5) is 0. The molecule has 0 saturated heterocycles. The highest BCUT2D eigenvalue weighted by molar-refractivity contribution is 6.09. The third-order valence-corrected chi connectivity index (χ3v) is 9.36. The quantitative estimate of drug-likeness (QED) is 0.125. The van der Waals surface area contributed by atoms with Gasteiger partial charge in [-0.2, -0.15) is 0 Å². The van der Waals surface area contributed by atoms with Crippen molar-refractivity contribution in [3.05, 3.63) is 186 Å². The maximum Gasteiger partial charge on any atom is 0.0541 e. The summed E-state index contributed by atoms with van der Waals surface area (Å²) in [5.74, 6) is 0. The van der Waals surface area contributed by atoms with Crippen LogP contribution in [0, 0.1) is 6.92 Å². The molecule has 0 aliphatic heterocycles. The number of aryl methyl sites for hydroxylation is 1. The van der Waals surface area contributed by atoms with Gasteiger partial charge in [-0.3, -0.25) is 0 Å². The first-order valence-corrected chi connectivity index (χ1v) is 16.8. The van der Waals surface area contributed by atoms with Gasteiger partial charge in [-0.15, -0.1) is 0 Å². The van der Waals surface area contributed by atoms with Crippen molar-refractivity contribution in [1.29, 1.82) is 0 Å². The van der Waals surface area contributed by atoms with Crippen LogP contribution in [0.25, 0.3) is 44.2 Å². The Bertz CT molecular complexity index is 2270. The second-order valence-corrected chi connectivity index (χ2v) is 13.3. The first-order valence-electron chi connectivity index (χ1n) is 16.8. The van der Waals surface area contributed by atoms with Crippen LogP contribution in [0.5, 0.6) is 0 Å². The highest BCUT2D eigenvalue weighted by atomic mass is 15.3. The summed E-state index contributed by atoms with van der Waals surface area (Å²) in [6, 6.07) is 51.4. The Kier molecular flexibility index (Phi) is 8.54. The van der Waals surface area contributed by atoms with Crippen molar-refractivity contribution in [1.82, 2.24) is 9.99 Å². The zero-order valence-corrected chi connectivity index (χ0v) is 28.5. The fourth-order valence-electron chi connectivity index (χ4n) is 6.98. The largest absolute Gasteiger partial charge is 0.402 e. The molecule has 7 aromatic rings. The van der Waals surface area contributed by atoms with Gasteiger partial charge in [0, 0.05) is 39.3 Å². The van der Waals surface area contributed by atoms with Gasteiger partial charge in [-0.25, -0.2) is 0 Å². The molecule has 4 heteroatoms. The van der Waals surface area contributed by atoms with E-state index in [1.807, 2.05) is 67.7 Å². The maximum atomic E-state index is 5.79. The van der Waals surface area contributed by atoms with Gasteiger partial charge in [0.2, 0.25) is 0 Å². The van der Waals surface area contributed by atoms with E-state index >= 15 is 0 Å². The predicted octanol–water partition coefficient (Wildman–Crippen LogP) is 10.9. The van der Waals surface area contributed by atoms with Crippen LogP contribution >= 0.6 is 0 Å². The van der Waals surface area contributed by atoms with Crippen LogP contribution in [-0.2, 0) is 5.41 Å². The zero-order valence-electron chi connectivity index (χ0n) is 28.5. The lowest BCUT2D eigenvalue weighted by atomic mass is 9.82. The van der Waals surface area contributed by atoms with E-state index in [4.69, 9.17) is 5.73 Å². The van der Waals surface area contributed by atoms with Gasteiger partial charge in [-0.1, -0.05) is 129 Å². The lowest BCUT2D eigenvalue weighted by Crippen LogP contribution is -2.15. The first kappa shape index (κ1) is 31.6. The van der Waals surface area contributed by atoms with Gasteiger partial charge in [0.25, 0.3) is 0 Å². The summed E-state index contributed by atoms with van der Waals surface area (Å²) in [6.45, 7) is 8.77. The van der Waals surface area contributed by atoms with Crippen molar-refractivity contribution in [2.45, 2.75) is 33.1 Å². The lowest BCUT2D eigenvalue weighted by molar-refractivity contribution is 0.659. The predicted molar refractivity (Wildman–Crippen MR) is 209 cm³/mol. The number of aromatic nitrogens is 1. The van der Waals surface area contributed by atoms with E-state index in [0.717, 1.165) is 22.5 Å². The monoisotopic (exact) mass is 638 g/mol. The summed E-state index contributed by atoms with van der Waals surface area (Å²) >= 11 is 0. The number of allylic oxidation sites excluding steroid dienone is 3. The highest BCUT2D eigenvalue weighted by Gasteiger charge is 2.35. The average Bonchev–Trinajstić information content (AvgIpc) is 3.57. The molecule has 1 aliphatic rings. The van der Waals surface area contributed by atoms with Gasteiger partial charge < -0.3 is 21.2 Å². The normalized spacial score (nSPS) is 13.4. The molecule has 0 amide bonds. The average molecular weight is 639 g/mol. The molecule has 0 bridgehead atoms. The van der Waals surface area contributed by atoms with Crippen molar-refractivity contribution in [3.63, 3.8) is 0 Å². The second kappa shape index (κ2) is 13.2. The molecule has 0 atom stereocenters. The van der Waals surface area contributed by atoms with Crippen LogP contribution in [0.1, 0.15) is 43.0 Å². The number of nitrogens with one attached hydrogen (secondary N) is 2. The van der Waals surface area contributed by atoms with Crippen molar-refractivity contribution in [2.24, 2.45) is 5.73 Å². The summed E-state index contributed by atoms with van der Waals surface area (Å²) < 4.78 is 2.41. The van der Waals surface area contributed by atoms with Crippen LogP contribution in [-0.4, -0.2) is 4.57 Å². The Balaban J connectivity index is 0.000000167.